The molecule has 0 bridgehead atoms. The Labute approximate surface area is 116 Å². The molecule has 1 heterocycles. The van der Waals surface area contributed by atoms with Crippen LogP contribution in [0.3, 0.4) is 0 Å². The molecule has 20 heavy (non-hydrogen) atoms. The van der Waals surface area contributed by atoms with E-state index in [1.807, 2.05) is 0 Å². The third-order valence-corrected chi connectivity index (χ3v) is 4.31. The molecule has 1 atom stereocenters. The number of para-hydroxylation sites is 1. The fourth-order valence-corrected chi connectivity index (χ4v) is 3.29. The van der Waals surface area contributed by atoms with Crippen molar-refractivity contribution >= 4 is 27.8 Å². The Hall–Kier alpha value is -2.09. The number of rotatable bonds is 3. The number of carbonyl (C=O) groups excluding carboxylic acids is 2. The summed E-state index contributed by atoms with van der Waals surface area (Å²) in [6, 6.07) is 4.97. The zero-order valence-electron chi connectivity index (χ0n) is 11.0. The lowest BCUT2D eigenvalue weighted by Crippen LogP contribution is -2.52. The van der Waals surface area contributed by atoms with Gasteiger partial charge in [-0.1, -0.05) is 12.1 Å². The van der Waals surface area contributed by atoms with E-state index in [1.54, 1.807) is 19.1 Å². The number of esters is 1. The summed E-state index contributed by atoms with van der Waals surface area (Å²) in [5.74, 6) is -1.52. The predicted molar refractivity (Wildman–Crippen MR) is 71.2 cm³/mol. The van der Waals surface area contributed by atoms with Crippen LogP contribution in [0.15, 0.2) is 24.3 Å². The molecular formula is C12H14N2O5S. The molecule has 1 amide bonds. The lowest BCUT2D eigenvalue weighted by molar-refractivity contribution is -0.146. The normalized spacial score (nSPS) is 17.9. The van der Waals surface area contributed by atoms with E-state index in [4.69, 9.17) is 4.74 Å². The van der Waals surface area contributed by atoms with Crippen molar-refractivity contribution in [3.05, 3.63) is 29.8 Å². The lowest BCUT2D eigenvalue weighted by Gasteiger charge is -2.31. The van der Waals surface area contributed by atoms with Crippen LogP contribution in [0.25, 0.3) is 0 Å². The number of amides is 1. The van der Waals surface area contributed by atoms with Crippen molar-refractivity contribution in [3.63, 3.8) is 0 Å². The SMILES string of the molecule is CCOC(=O)[C@H](C)N1C(=O)c2ccccc2NS1(=O)=O. The minimum atomic E-state index is -4.12. The Balaban J connectivity index is 2.44. The molecule has 1 aromatic carbocycles. The predicted octanol–water partition coefficient (Wildman–Crippen LogP) is 0.751. The zero-order chi connectivity index (χ0) is 14.9. The molecule has 2 rings (SSSR count). The molecule has 0 radical (unpaired) electrons. The molecule has 0 unspecified atom stereocenters. The highest BCUT2D eigenvalue weighted by Gasteiger charge is 2.41. The fourth-order valence-electron chi connectivity index (χ4n) is 1.92. The van der Waals surface area contributed by atoms with Crippen LogP contribution >= 0.6 is 0 Å². The number of anilines is 1. The maximum Gasteiger partial charge on any atom is 0.329 e. The molecule has 0 aromatic heterocycles. The standard InChI is InChI=1S/C12H14N2O5S/c1-3-19-12(16)8(2)14-11(15)9-6-4-5-7-10(9)13-20(14,17)18/h4-8,13H,3H2,1-2H3/t8-/m0/s1. The average molecular weight is 298 g/mol. The number of fused-ring (bicyclic) bond motifs is 1. The van der Waals surface area contributed by atoms with Gasteiger partial charge in [0.25, 0.3) is 5.91 Å². The molecule has 108 valence electrons. The molecule has 0 fully saturated rings. The van der Waals surface area contributed by atoms with Crippen LogP contribution in [0.2, 0.25) is 0 Å². The molecular weight excluding hydrogens is 284 g/mol. The Morgan fingerprint density at radius 3 is 2.70 bits per heavy atom. The van der Waals surface area contributed by atoms with Crippen LogP contribution in [0.4, 0.5) is 5.69 Å². The van der Waals surface area contributed by atoms with Crippen LogP contribution in [0.1, 0.15) is 24.2 Å². The summed E-state index contributed by atoms with van der Waals surface area (Å²) >= 11 is 0. The summed E-state index contributed by atoms with van der Waals surface area (Å²) in [6.45, 7) is 3.02. The highest BCUT2D eigenvalue weighted by Crippen LogP contribution is 2.27. The van der Waals surface area contributed by atoms with Gasteiger partial charge in [0.2, 0.25) is 0 Å². The van der Waals surface area contributed by atoms with E-state index in [9.17, 15) is 18.0 Å². The first-order valence-electron chi connectivity index (χ1n) is 6.00. The summed E-state index contributed by atoms with van der Waals surface area (Å²) in [5.41, 5.74) is 0.392. The van der Waals surface area contributed by atoms with E-state index in [0.717, 1.165) is 0 Å². The van der Waals surface area contributed by atoms with Gasteiger partial charge < -0.3 is 4.74 Å². The average Bonchev–Trinajstić information content (AvgIpc) is 2.37. The molecule has 1 aliphatic heterocycles. The minimum Gasteiger partial charge on any atom is -0.464 e. The van der Waals surface area contributed by atoms with Crippen molar-refractivity contribution in [1.82, 2.24) is 4.31 Å². The summed E-state index contributed by atoms with van der Waals surface area (Å²) in [4.78, 5) is 24.0. The Bertz CT molecular complexity index is 656. The minimum absolute atomic E-state index is 0.106. The van der Waals surface area contributed by atoms with Gasteiger partial charge in [0.1, 0.15) is 6.04 Å². The summed E-state index contributed by atoms with van der Waals surface area (Å²) in [6.07, 6.45) is 0. The molecule has 8 heteroatoms. The first kappa shape index (κ1) is 14.3. The van der Waals surface area contributed by atoms with Gasteiger partial charge in [-0.05, 0) is 26.0 Å². The second-order valence-electron chi connectivity index (χ2n) is 4.18. The topological polar surface area (TPSA) is 92.8 Å². The summed E-state index contributed by atoms with van der Waals surface area (Å²) < 4.78 is 31.7. The van der Waals surface area contributed by atoms with Crippen molar-refractivity contribution in [2.45, 2.75) is 19.9 Å². The van der Waals surface area contributed by atoms with Crippen molar-refractivity contribution in [2.75, 3.05) is 11.3 Å². The van der Waals surface area contributed by atoms with E-state index >= 15 is 0 Å². The number of carbonyl (C=O) groups is 2. The largest absolute Gasteiger partial charge is 0.464 e. The highest BCUT2D eigenvalue weighted by atomic mass is 32.2. The molecule has 0 spiro atoms. The second kappa shape index (κ2) is 5.12. The van der Waals surface area contributed by atoms with E-state index in [1.165, 1.54) is 19.1 Å². The van der Waals surface area contributed by atoms with Gasteiger partial charge in [-0.15, -0.1) is 0 Å². The number of hydrogen-bond donors (Lipinski definition) is 1. The van der Waals surface area contributed by atoms with Crippen LogP contribution in [-0.4, -0.2) is 37.2 Å². The highest BCUT2D eigenvalue weighted by molar-refractivity contribution is 7.91. The maximum absolute atomic E-state index is 12.3. The monoisotopic (exact) mass is 298 g/mol. The van der Waals surface area contributed by atoms with Gasteiger partial charge in [0.05, 0.1) is 17.9 Å². The van der Waals surface area contributed by atoms with Gasteiger partial charge >= 0.3 is 16.2 Å². The van der Waals surface area contributed by atoms with Crippen molar-refractivity contribution in [1.29, 1.82) is 0 Å². The smallest absolute Gasteiger partial charge is 0.329 e. The van der Waals surface area contributed by atoms with Gasteiger partial charge in [-0.25, -0.2) is 9.10 Å². The van der Waals surface area contributed by atoms with Crippen LogP contribution in [0, 0.1) is 0 Å². The van der Waals surface area contributed by atoms with Gasteiger partial charge in [-0.3, -0.25) is 9.52 Å². The molecule has 0 saturated heterocycles. The Kier molecular flexibility index (Phi) is 3.67. The third kappa shape index (κ3) is 2.34. The third-order valence-electron chi connectivity index (χ3n) is 2.83. The van der Waals surface area contributed by atoms with E-state index in [-0.39, 0.29) is 17.9 Å². The first-order chi connectivity index (χ1) is 9.38. The van der Waals surface area contributed by atoms with Gasteiger partial charge in [0, 0.05) is 0 Å². The quantitative estimate of drug-likeness (QED) is 0.831. The number of hydrogen-bond acceptors (Lipinski definition) is 5. The van der Waals surface area contributed by atoms with Gasteiger partial charge in [0.15, 0.2) is 0 Å². The fraction of sp³-hybridized carbons (Fsp3) is 0.333. The molecule has 1 aliphatic rings. The number of ether oxygens (including phenoxy) is 1. The second-order valence-corrected chi connectivity index (χ2v) is 5.73. The number of nitrogens with zero attached hydrogens (tertiary/aromatic N) is 1. The number of benzene rings is 1. The van der Waals surface area contributed by atoms with Gasteiger partial charge in [-0.2, -0.15) is 8.42 Å². The molecule has 1 aromatic rings. The Morgan fingerprint density at radius 2 is 2.05 bits per heavy atom. The van der Waals surface area contributed by atoms with Crippen LogP contribution in [-0.2, 0) is 19.7 Å². The van der Waals surface area contributed by atoms with Crippen molar-refractivity contribution in [3.8, 4) is 0 Å². The molecule has 0 saturated carbocycles. The van der Waals surface area contributed by atoms with E-state index in [2.05, 4.69) is 4.72 Å². The summed E-state index contributed by atoms with van der Waals surface area (Å²) in [7, 11) is -4.12. The number of nitrogens with one attached hydrogen (secondary N) is 1. The molecule has 7 nitrogen and oxygen atoms in total. The van der Waals surface area contributed by atoms with Crippen LogP contribution < -0.4 is 4.72 Å². The maximum atomic E-state index is 12.3. The van der Waals surface area contributed by atoms with E-state index < -0.39 is 28.1 Å². The first-order valence-corrected chi connectivity index (χ1v) is 7.44. The lowest BCUT2D eigenvalue weighted by atomic mass is 10.1. The molecule has 0 aliphatic carbocycles. The van der Waals surface area contributed by atoms with Crippen molar-refractivity contribution < 1.29 is 22.7 Å². The Morgan fingerprint density at radius 1 is 1.40 bits per heavy atom. The molecule has 1 N–H and O–H groups in total. The van der Waals surface area contributed by atoms with Crippen molar-refractivity contribution in [2.24, 2.45) is 0 Å². The van der Waals surface area contributed by atoms with E-state index in [0.29, 0.717) is 4.31 Å². The summed E-state index contributed by atoms with van der Waals surface area (Å²) in [5, 5.41) is 0. The zero-order valence-corrected chi connectivity index (χ0v) is 11.8. The van der Waals surface area contributed by atoms with Crippen LogP contribution in [0.5, 0.6) is 0 Å².